The molecule has 1 aliphatic carbocycles. The average molecular weight is 300 g/mol. The minimum Gasteiger partial charge on any atom is -0.327 e. The molecule has 0 bridgehead atoms. The van der Waals surface area contributed by atoms with Crippen LogP contribution in [0.1, 0.15) is 44.0 Å². The van der Waals surface area contributed by atoms with Crippen LogP contribution >= 0.6 is 15.9 Å². The van der Waals surface area contributed by atoms with Gasteiger partial charge in [0.2, 0.25) is 0 Å². The molecule has 1 unspecified atom stereocenters. The third-order valence-corrected chi connectivity index (χ3v) is 4.60. The molecule has 2 N–H and O–H groups in total. The van der Waals surface area contributed by atoms with Gasteiger partial charge in [0.25, 0.3) is 0 Å². The lowest BCUT2D eigenvalue weighted by atomic mass is 10.0. The van der Waals surface area contributed by atoms with Crippen molar-refractivity contribution in [1.29, 1.82) is 0 Å². The lowest BCUT2D eigenvalue weighted by Gasteiger charge is -2.09. The smallest absolute Gasteiger partial charge is 0.0766 e. The molecule has 1 aromatic rings. The first kappa shape index (κ1) is 13.1. The molecule has 3 nitrogen and oxygen atoms in total. The summed E-state index contributed by atoms with van der Waals surface area (Å²) in [5.41, 5.74) is 8.59. The predicted octanol–water partition coefficient (Wildman–Crippen LogP) is 2.81. The zero-order chi connectivity index (χ0) is 12.4. The SMILES string of the molecule is CCc1nn(C)c(CCCC(N)C2CC2)c1Br. The molecule has 17 heavy (non-hydrogen) atoms. The molecular weight excluding hydrogens is 278 g/mol. The van der Waals surface area contributed by atoms with Gasteiger partial charge in [-0.05, 0) is 60.4 Å². The Balaban J connectivity index is 1.87. The van der Waals surface area contributed by atoms with Crippen LogP contribution in [-0.4, -0.2) is 15.8 Å². The van der Waals surface area contributed by atoms with E-state index in [0.717, 1.165) is 30.9 Å². The van der Waals surface area contributed by atoms with Gasteiger partial charge in [0.05, 0.1) is 15.9 Å². The minimum absolute atomic E-state index is 0.424. The number of halogens is 1. The molecular formula is C13H22BrN3. The first-order valence-electron chi connectivity index (χ1n) is 6.59. The maximum absolute atomic E-state index is 6.12. The molecule has 1 fully saturated rings. The van der Waals surface area contributed by atoms with E-state index >= 15 is 0 Å². The molecule has 0 spiro atoms. The van der Waals surface area contributed by atoms with Crippen molar-refractivity contribution in [3.8, 4) is 0 Å². The number of rotatable bonds is 6. The highest BCUT2D eigenvalue weighted by atomic mass is 79.9. The molecule has 1 atom stereocenters. The topological polar surface area (TPSA) is 43.8 Å². The molecule has 0 radical (unpaired) electrons. The van der Waals surface area contributed by atoms with Crippen molar-refractivity contribution in [3.63, 3.8) is 0 Å². The van der Waals surface area contributed by atoms with Crippen molar-refractivity contribution in [1.82, 2.24) is 9.78 Å². The Labute approximate surface area is 112 Å². The summed E-state index contributed by atoms with van der Waals surface area (Å²) >= 11 is 3.66. The van der Waals surface area contributed by atoms with Crippen LogP contribution in [0.4, 0.5) is 0 Å². The molecule has 1 heterocycles. The number of hydrogen-bond acceptors (Lipinski definition) is 2. The summed E-state index contributed by atoms with van der Waals surface area (Å²) in [7, 11) is 2.03. The van der Waals surface area contributed by atoms with Crippen LogP contribution in [0.15, 0.2) is 4.47 Å². The average Bonchev–Trinajstić information content (AvgIpc) is 3.10. The van der Waals surface area contributed by atoms with Gasteiger partial charge in [0, 0.05) is 13.1 Å². The number of aromatic nitrogens is 2. The Morgan fingerprint density at radius 2 is 2.24 bits per heavy atom. The Kier molecular flexibility index (Phi) is 4.26. The summed E-state index contributed by atoms with van der Waals surface area (Å²) in [6, 6.07) is 0.424. The highest BCUT2D eigenvalue weighted by Gasteiger charge is 2.27. The third kappa shape index (κ3) is 3.10. The second-order valence-electron chi connectivity index (χ2n) is 5.08. The van der Waals surface area contributed by atoms with Crippen molar-refractivity contribution in [2.75, 3.05) is 0 Å². The number of nitrogens with zero attached hydrogens (tertiary/aromatic N) is 2. The van der Waals surface area contributed by atoms with Crippen LogP contribution in [0.3, 0.4) is 0 Å². The third-order valence-electron chi connectivity index (χ3n) is 3.68. The summed E-state index contributed by atoms with van der Waals surface area (Å²) in [5, 5.41) is 4.51. The number of aryl methyl sites for hydroxylation is 2. The van der Waals surface area contributed by atoms with Gasteiger partial charge < -0.3 is 5.73 Å². The van der Waals surface area contributed by atoms with Crippen molar-refractivity contribution < 1.29 is 0 Å². The lowest BCUT2D eigenvalue weighted by Crippen LogP contribution is -2.22. The summed E-state index contributed by atoms with van der Waals surface area (Å²) in [6.07, 6.45) is 7.05. The monoisotopic (exact) mass is 299 g/mol. The van der Waals surface area contributed by atoms with Gasteiger partial charge in [-0.3, -0.25) is 4.68 Å². The molecule has 0 saturated heterocycles. The van der Waals surface area contributed by atoms with Crippen molar-refractivity contribution in [2.45, 2.75) is 51.5 Å². The van der Waals surface area contributed by atoms with Gasteiger partial charge in [-0.15, -0.1) is 0 Å². The Morgan fingerprint density at radius 1 is 1.53 bits per heavy atom. The molecule has 1 aromatic heterocycles. The van der Waals surface area contributed by atoms with Crippen LogP contribution in [-0.2, 0) is 19.9 Å². The summed E-state index contributed by atoms with van der Waals surface area (Å²) < 4.78 is 3.20. The van der Waals surface area contributed by atoms with E-state index in [-0.39, 0.29) is 0 Å². The number of hydrogen-bond donors (Lipinski definition) is 1. The van der Waals surface area contributed by atoms with E-state index in [9.17, 15) is 0 Å². The van der Waals surface area contributed by atoms with Gasteiger partial charge in [0.15, 0.2) is 0 Å². The zero-order valence-corrected chi connectivity index (χ0v) is 12.3. The van der Waals surface area contributed by atoms with E-state index in [1.165, 1.54) is 29.4 Å². The first-order valence-corrected chi connectivity index (χ1v) is 7.38. The van der Waals surface area contributed by atoms with Crippen molar-refractivity contribution in [3.05, 3.63) is 15.9 Å². The van der Waals surface area contributed by atoms with Gasteiger partial charge in [0.1, 0.15) is 0 Å². The van der Waals surface area contributed by atoms with Crippen LogP contribution in [0, 0.1) is 5.92 Å². The maximum atomic E-state index is 6.12. The second kappa shape index (κ2) is 5.53. The quantitative estimate of drug-likeness (QED) is 0.878. The summed E-state index contributed by atoms with van der Waals surface area (Å²) in [5.74, 6) is 0.816. The fraction of sp³-hybridized carbons (Fsp3) is 0.769. The van der Waals surface area contributed by atoms with Crippen molar-refractivity contribution >= 4 is 15.9 Å². The van der Waals surface area contributed by atoms with Gasteiger partial charge in [-0.1, -0.05) is 6.92 Å². The fourth-order valence-electron chi connectivity index (χ4n) is 2.36. The maximum Gasteiger partial charge on any atom is 0.0766 e. The lowest BCUT2D eigenvalue weighted by molar-refractivity contribution is 0.521. The van der Waals surface area contributed by atoms with Gasteiger partial charge in [-0.25, -0.2) is 0 Å². The molecule has 0 amide bonds. The largest absolute Gasteiger partial charge is 0.327 e. The molecule has 96 valence electrons. The molecule has 1 saturated carbocycles. The molecule has 0 aliphatic heterocycles. The normalized spacial score (nSPS) is 17.4. The minimum atomic E-state index is 0.424. The molecule has 4 heteroatoms. The standard InChI is InChI=1S/C13H22BrN3/c1-3-11-13(14)12(17(2)16-11)6-4-5-10(15)9-7-8-9/h9-10H,3-8,15H2,1-2H3. The van der Waals surface area contributed by atoms with Gasteiger partial charge in [-0.2, -0.15) is 5.10 Å². The predicted molar refractivity (Wildman–Crippen MR) is 73.9 cm³/mol. The van der Waals surface area contributed by atoms with Gasteiger partial charge >= 0.3 is 0 Å². The Morgan fingerprint density at radius 3 is 2.76 bits per heavy atom. The van der Waals surface area contributed by atoms with E-state index in [4.69, 9.17) is 5.73 Å². The van der Waals surface area contributed by atoms with E-state index in [2.05, 4.69) is 28.0 Å². The number of nitrogens with two attached hydrogens (primary N) is 1. The van der Waals surface area contributed by atoms with Crippen molar-refractivity contribution in [2.24, 2.45) is 18.7 Å². The highest BCUT2D eigenvalue weighted by molar-refractivity contribution is 9.10. The van der Waals surface area contributed by atoms with Crippen LogP contribution in [0.5, 0.6) is 0 Å². The second-order valence-corrected chi connectivity index (χ2v) is 5.87. The molecule has 2 rings (SSSR count). The highest BCUT2D eigenvalue weighted by Crippen LogP contribution is 2.33. The van der Waals surface area contributed by atoms with E-state index in [0.29, 0.717) is 6.04 Å². The zero-order valence-electron chi connectivity index (χ0n) is 10.7. The van der Waals surface area contributed by atoms with Crippen LogP contribution < -0.4 is 5.73 Å². The van der Waals surface area contributed by atoms with E-state index in [1.807, 2.05) is 11.7 Å². The fourth-order valence-corrected chi connectivity index (χ4v) is 3.17. The summed E-state index contributed by atoms with van der Waals surface area (Å²) in [6.45, 7) is 2.14. The Bertz CT molecular complexity index is 382. The Hall–Kier alpha value is -0.350. The molecule has 1 aliphatic rings. The van der Waals surface area contributed by atoms with E-state index < -0.39 is 0 Å². The molecule has 0 aromatic carbocycles. The first-order chi connectivity index (χ1) is 8.13. The van der Waals surface area contributed by atoms with Crippen LogP contribution in [0.25, 0.3) is 0 Å². The van der Waals surface area contributed by atoms with E-state index in [1.54, 1.807) is 0 Å². The summed E-state index contributed by atoms with van der Waals surface area (Å²) in [4.78, 5) is 0. The van der Waals surface area contributed by atoms with Crippen LogP contribution in [0.2, 0.25) is 0 Å².